The monoisotopic (exact) mass is 314 g/mol. The summed E-state index contributed by atoms with van der Waals surface area (Å²) in [6.07, 6.45) is 3.68. The summed E-state index contributed by atoms with van der Waals surface area (Å²) in [4.78, 5) is 2.36. The van der Waals surface area contributed by atoms with Crippen LogP contribution in [0.3, 0.4) is 0 Å². The molecule has 0 aliphatic carbocycles. The van der Waals surface area contributed by atoms with E-state index in [1.54, 1.807) is 6.07 Å². The second kappa shape index (κ2) is 7.32. The molecule has 3 nitrogen and oxygen atoms in total. The Hall–Kier alpha value is -0.740. The SMILES string of the molecule is C=CCC[C@H](c1cc(Cl)cc(Cl)c1O)N1CCNCC1. The van der Waals surface area contributed by atoms with E-state index in [1.807, 2.05) is 12.1 Å². The lowest BCUT2D eigenvalue weighted by Gasteiger charge is -2.35. The molecular formula is C15H20Cl2N2O. The first-order chi connectivity index (χ1) is 9.63. The number of hydrogen-bond donors (Lipinski definition) is 2. The van der Waals surface area contributed by atoms with Crippen molar-refractivity contribution in [1.29, 1.82) is 0 Å². The van der Waals surface area contributed by atoms with Crippen LogP contribution in [0, 0.1) is 0 Å². The average Bonchev–Trinajstić information content (AvgIpc) is 2.45. The topological polar surface area (TPSA) is 35.5 Å². The van der Waals surface area contributed by atoms with Crippen molar-refractivity contribution in [3.05, 3.63) is 40.4 Å². The molecule has 0 spiro atoms. The van der Waals surface area contributed by atoms with Gasteiger partial charge in [0, 0.05) is 42.8 Å². The number of allylic oxidation sites excluding steroid dienone is 1. The molecule has 0 saturated carbocycles. The smallest absolute Gasteiger partial charge is 0.139 e. The van der Waals surface area contributed by atoms with Crippen LogP contribution in [0.2, 0.25) is 10.0 Å². The minimum absolute atomic E-state index is 0.117. The van der Waals surface area contributed by atoms with Crippen LogP contribution in [0.25, 0.3) is 0 Å². The molecule has 2 N–H and O–H groups in total. The summed E-state index contributed by atoms with van der Waals surface area (Å²) in [6, 6.07) is 3.51. The van der Waals surface area contributed by atoms with Gasteiger partial charge in [-0.25, -0.2) is 0 Å². The second-order valence-corrected chi connectivity index (χ2v) is 5.84. The number of hydrogen-bond acceptors (Lipinski definition) is 3. The summed E-state index contributed by atoms with van der Waals surface area (Å²) < 4.78 is 0. The third kappa shape index (κ3) is 3.67. The number of piperazine rings is 1. The first-order valence-corrected chi connectivity index (χ1v) is 7.62. The molecule has 0 aromatic heterocycles. The molecule has 1 aliphatic rings. The normalized spacial score (nSPS) is 17.9. The summed E-state index contributed by atoms with van der Waals surface area (Å²) in [5.74, 6) is 0.142. The third-order valence-corrected chi connectivity index (χ3v) is 4.16. The Morgan fingerprint density at radius 1 is 1.35 bits per heavy atom. The lowest BCUT2D eigenvalue weighted by molar-refractivity contribution is 0.163. The molecule has 0 radical (unpaired) electrons. The van der Waals surface area contributed by atoms with Gasteiger partial charge in [-0.15, -0.1) is 6.58 Å². The van der Waals surface area contributed by atoms with E-state index >= 15 is 0 Å². The number of rotatable bonds is 5. The Balaban J connectivity index is 2.31. The highest BCUT2D eigenvalue weighted by Crippen LogP contribution is 2.39. The van der Waals surface area contributed by atoms with Crippen LogP contribution in [0.15, 0.2) is 24.8 Å². The van der Waals surface area contributed by atoms with Crippen LogP contribution in [0.5, 0.6) is 5.75 Å². The number of nitrogens with one attached hydrogen (secondary N) is 1. The van der Waals surface area contributed by atoms with Crippen LogP contribution in [-0.2, 0) is 0 Å². The fourth-order valence-corrected chi connectivity index (χ4v) is 3.15. The molecule has 2 rings (SSSR count). The van der Waals surface area contributed by atoms with Crippen LogP contribution < -0.4 is 5.32 Å². The van der Waals surface area contributed by atoms with Crippen molar-refractivity contribution in [3.8, 4) is 5.75 Å². The van der Waals surface area contributed by atoms with Crippen LogP contribution in [-0.4, -0.2) is 36.2 Å². The molecule has 1 heterocycles. The van der Waals surface area contributed by atoms with Gasteiger partial charge in [0.15, 0.2) is 0 Å². The average molecular weight is 315 g/mol. The Morgan fingerprint density at radius 2 is 2.05 bits per heavy atom. The van der Waals surface area contributed by atoms with Gasteiger partial charge in [0.25, 0.3) is 0 Å². The standard InChI is InChI=1S/C15H20Cl2N2O/c1-2-3-4-14(19-7-5-18-6-8-19)12-9-11(16)10-13(17)15(12)20/h2,9-10,14,18,20H,1,3-8H2/t14-/m1/s1. The summed E-state index contributed by atoms with van der Waals surface area (Å²) in [7, 11) is 0. The zero-order valence-electron chi connectivity index (χ0n) is 11.4. The molecular weight excluding hydrogens is 295 g/mol. The fraction of sp³-hybridized carbons (Fsp3) is 0.467. The predicted molar refractivity (Wildman–Crippen MR) is 84.7 cm³/mol. The van der Waals surface area contributed by atoms with E-state index < -0.39 is 0 Å². The molecule has 1 atom stereocenters. The molecule has 1 saturated heterocycles. The predicted octanol–water partition coefficient (Wildman–Crippen LogP) is 3.61. The van der Waals surface area contributed by atoms with Crippen molar-refractivity contribution in [3.63, 3.8) is 0 Å². The van der Waals surface area contributed by atoms with Crippen LogP contribution in [0.1, 0.15) is 24.4 Å². The van der Waals surface area contributed by atoms with E-state index in [9.17, 15) is 5.11 Å². The van der Waals surface area contributed by atoms with Gasteiger partial charge in [0.05, 0.1) is 5.02 Å². The molecule has 1 aromatic carbocycles. The van der Waals surface area contributed by atoms with Crippen LogP contribution in [0.4, 0.5) is 0 Å². The highest BCUT2D eigenvalue weighted by Gasteiger charge is 2.25. The molecule has 0 bridgehead atoms. The van der Waals surface area contributed by atoms with E-state index in [-0.39, 0.29) is 11.8 Å². The maximum absolute atomic E-state index is 10.3. The van der Waals surface area contributed by atoms with Gasteiger partial charge in [0.2, 0.25) is 0 Å². The maximum atomic E-state index is 10.3. The van der Waals surface area contributed by atoms with Gasteiger partial charge in [-0.2, -0.15) is 0 Å². The summed E-state index contributed by atoms with van der Waals surface area (Å²) in [5, 5.41) is 14.5. The summed E-state index contributed by atoms with van der Waals surface area (Å²) >= 11 is 12.1. The first-order valence-electron chi connectivity index (χ1n) is 6.87. The number of benzene rings is 1. The van der Waals surface area contributed by atoms with Crippen molar-refractivity contribution in [2.75, 3.05) is 26.2 Å². The van der Waals surface area contributed by atoms with Gasteiger partial charge in [0.1, 0.15) is 5.75 Å². The van der Waals surface area contributed by atoms with Crippen molar-refractivity contribution >= 4 is 23.2 Å². The van der Waals surface area contributed by atoms with Gasteiger partial charge >= 0.3 is 0 Å². The largest absolute Gasteiger partial charge is 0.506 e. The van der Waals surface area contributed by atoms with Gasteiger partial charge in [-0.1, -0.05) is 29.3 Å². The highest BCUT2D eigenvalue weighted by atomic mass is 35.5. The Bertz CT molecular complexity index is 473. The Labute approximate surface area is 130 Å². The number of phenols is 1. The summed E-state index contributed by atoms with van der Waals surface area (Å²) in [6.45, 7) is 7.60. The van der Waals surface area contributed by atoms with E-state index in [2.05, 4.69) is 16.8 Å². The number of halogens is 2. The fourth-order valence-electron chi connectivity index (χ4n) is 2.64. The van der Waals surface area contributed by atoms with Crippen LogP contribution >= 0.6 is 23.2 Å². The molecule has 110 valence electrons. The second-order valence-electron chi connectivity index (χ2n) is 4.99. The third-order valence-electron chi connectivity index (χ3n) is 3.65. The van der Waals surface area contributed by atoms with Crippen molar-refractivity contribution in [2.45, 2.75) is 18.9 Å². The molecule has 1 aliphatic heterocycles. The summed E-state index contributed by atoms with van der Waals surface area (Å²) in [5.41, 5.74) is 0.811. The lowest BCUT2D eigenvalue weighted by Crippen LogP contribution is -2.45. The Morgan fingerprint density at radius 3 is 2.70 bits per heavy atom. The molecule has 0 amide bonds. The van der Waals surface area contributed by atoms with Crippen molar-refractivity contribution in [1.82, 2.24) is 10.2 Å². The minimum atomic E-state index is 0.117. The van der Waals surface area contributed by atoms with Gasteiger partial charge in [-0.3, -0.25) is 4.90 Å². The van der Waals surface area contributed by atoms with Gasteiger partial charge in [-0.05, 0) is 25.0 Å². The zero-order chi connectivity index (χ0) is 14.5. The lowest BCUT2D eigenvalue weighted by atomic mass is 9.98. The molecule has 20 heavy (non-hydrogen) atoms. The molecule has 5 heteroatoms. The molecule has 1 aromatic rings. The maximum Gasteiger partial charge on any atom is 0.139 e. The van der Waals surface area contributed by atoms with E-state index in [4.69, 9.17) is 23.2 Å². The van der Waals surface area contributed by atoms with Crippen molar-refractivity contribution < 1.29 is 5.11 Å². The zero-order valence-corrected chi connectivity index (χ0v) is 12.9. The quantitative estimate of drug-likeness (QED) is 0.815. The number of nitrogens with zero attached hydrogens (tertiary/aromatic N) is 1. The van der Waals surface area contributed by atoms with Crippen molar-refractivity contribution in [2.24, 2.45) is 0 Å². The van der Waals surface area contributed by atoms with E-state index in [0.717, 1.165) is 44.6 Å². The Kier molecular flexibility index (Phi) is 5.73. The van der Waals surface area contributed by atoms with Gasteiger partial charge < -0.3 is 10.4 Å². The first kappa shape index (κ1) is 15.6. The molecule has 0 unspecified atom stereocenters. The minimum Gasteiger partial charge on any atom is -0.506 e. The molecule has 1 fully saturated rings. The van der Waals surface area contributed by atoms with E-state index in [0.29, 0.717) is 10.0 Å². The highest BCUT2D eigenvalue weighted by molar-refractivity contribution is 6.35. The number of aromatic hydroxyl groups is 1. The number of phenolic OH excluding ortho intramolecular Hbond substituents is 1. The van der Waals surface area contributed by atoms with E-state index in [1.165, 1.54) is 0 Å².